The molecule has 2 aromatic rings. The lowest BCUT2D eigenvalue weighted by Crippen LogP contribution is -2.06. The molecular formula is C13H12O3. The smallest absolute Gasteiger partial charge is 0.329 e. The van der Waals surface area contributed by atoms with Crippen LogP contribution < -0.4 is 0 Å². The number of fused-ring (bicyclic) bond motifs is 1. The molecule has 0 atom stereocenters. The van der Waals surface area contributed by atoms with Crippen LogP contribution in [-0.4, -0.2) is 17.7 Å². The highest BCUT2D eigenvalue weighted by Gasteiger charge is 2.01. The topological polar surface area (TPSA) is 46.5 Å². The molecule has 3 nitrogen and oxygen atoms in total. The van der Waals surface area contributed by atoms with Crippen molar-refractivity contribution in [3.63, 3.8) is 0 Å². The Hall–Kier alpha value is -1.87. The Bertz CT molecular complexity index is 500. The van der Waals surface area contributed by atoms with Crippen molar-refractivity contribution < 1.29 is 14.6 Å². The number of carboxylic acid groups (broad SMARTS) is 1. The van der Waals surface area contributed by atoms with Crippen molar-refractivity contribution in [3.8, 4) is 0 Å². The molecule has 0 aliphatic heterocycles. The summed E-state index contributed by atoms with van der Waals surface area (Å²) in [5.74, 6) is -0.944. The minimum Gasteiger partial charge on any atom is -0.480 e. The van der Waals surface area contributed by atoms with Gasteiger partial charge in [-0.3, -0.25) is 0 Å². The molecule has 0 heterocycles. The molecular weight excluding hydrogens is 204 g/mol. The zero-order valence-electron chi connectivity index (χ0n) is 8.72. The van der Waals surface area contributed by atoms with Gasteiger partial charge in [0.1, 0.15) is 6.61 Å². The zero-order valence-corrected chi connectivity index (χ0v) is 8.72. The van der Waals surface area contributed by atoms with Gasteiger partial charge in [-0.2, -0.15) is 0 Å². The Kier molecular flexibility index (Phi) is 3.17. The molecule has 0 bridgehead atoms. The van der Waals surface area contributed by atoms with Gasteiger partial charge in [-0.1, -0.05) is 42.5 Å². The van der Waals surface area contributed by atoms with Crippen LogP contribution in [0.4, 0.5) is 0 Å². The molecule has 2 aromatic carbocycles. The largest absolute Gasteiger partial charge is 0.480 e. The van der Waals surface area contributed by atoms with Crippen molar-refractivity contribution in [2.45, 2.75) is 6.61 Å². The summed E-state index contributed by atoms with van der Waals surface area (Å²) in [7, 11) is 0. The Balaban J connectivity index is 2.20. The number of hydrogen-bond donors (Lipinski definition) is 1. The highest BCUT2D eigenvalue weighted by molar-refractivity contribution is 5.85. The van der Waals surface area contributed by atoms with E-state index in [1.165, 1.54) is 0 Å². The number of ether oxygens (including phenoxy) is 1. The monoisotopic (exact) mass is 216 g/mol. The van der Waals surface area contributed by atoms with Crippen molar-refractivity contribution >= 4 is 16.7 Å². The van der Waals surface area contributed by atoms with Gasteiger partial charge >= 0.3 is 5.97 Å². The van der Waals surface area contributed by atoms with Gasteiger partial charge in [0.2, 0.25) is 0 Å². The second-order valence-corrected chi connectivity index (χ2v) is 3.52. The number of carboxylic acids is 1. The Labute approximate surface area is 93.3 Å². The lowest BCUT2D eigenvalue weighted by Gasteiger charge is -2.06. The fourth-order valence-corrected chi connectivity index (χ4v) is 1.67. The summed E-state index contributed by atoms with van der Waals surface area (Å²) in [6, 6.07) is 13.9. The fraction of sp³-hybridized carbons (Fsp3) is 0.154. The van der Waals surface area contributed by atoms with Gasteiger partial charge < -0.3 is 9.84 Å². The summed E-state index contributed by atoms with van der Waals surface area (Å²) in [6.45, 7) is 0.0663. The molecule has 82 valence electrons. The van der Waals surface area contributed by atoms with E-state index < -0.39 is 5.97 Å². The predicted molar refractivity (Wildman–Crippen MR) is 61.2 cm³/mol. The lowest BCUT2D eigenvalue weighted by atomic mass is 10.1. The van der Waals surface area contributed by atoms with E-state index in [0.717, 1.165) is 16.3 Å². The van der Waals surface area contributed by atoms with Crippen LogP contribution >= 0.6 is 0 Å². The molecule has 0 saturated heterocycles. The van der Waals surface area contributed by atoms with Gasteiger partial charge in [0.05, 0.1) is 6.61 Å². The first-order valence-electron chi connectivity index (χ1n) is 5.03. The van der Waals surface area contributed by atoms with Crippen molar-refractivity contribution in [1.82, 2.24) is 0 Å². The van der Waals surface area contributed by atoms with Crippen LogP contribution in [0.25, 0.3) is 10.8 Å². The molecule has 0 radical (unpaired) electrons. The summed E-state index contributed by atoms with van der Waals surface area (Å²) < 4.78 is 5.09. The van der Waals surface area contributed by atoms with E-state index in [1.807, 2.05) is 42.5 Å². The first-order valence-corrected chi connectivity index (χ1v) is 5.03. The van der Waals surface area contributed by atoms with Crippen LogP contribution in [0.2, 0.25) is 0 Å². The minimum absolute atomic E-state index is 0.261. The highest BCUT2D eigenvalue weighted by atomic mass is 16.5. The number of benzene rings is 2. The number of rotatable bonds is 4. The molecule has 2 rings (SSSR count). The molecule has 0 aliphatic carbocycles. The average molecular weight is 216 g/mol. The molecule has 0 unspecified atom stereocenters. The maximum absolute atomic E-state index is 10.3. The summed E-state index contributed by atoms with van der Waals surface area (Å²) >= 11 is 0. The summed E-state index contributed by atoms with van der Waals surface area (Å²) in [5.41, 5.74) is 1.01. The molecule has 0 fully saturated rings. The molecule has 1 N–H and O–H groups in total. The first-order chi connectivity index (χ1) is 7.77. The van der Waals surface area contributed by atoms with E-state index in [1.54, 1.807) is 0 Å². The second kappa shape index (κ2) is 4.77. The maximum Gasteiger partial charge on any atom is 0.329 e. The molecule has 16 heavy (non-hydrogen) atoms. The Morgan fingerprint density at radius 2 is 1.88 bits per heavy atom. The van der Waals surface area contributed by atoms with E-state index in [0.29, 0.717) is 6.61 Å². The van der Waals surface area contributed by atoms with Crippen LogP contribution in [-0.2, 0) is 16.1 Å². The van der Waals surface area contributed by atoms with E-state index >= 15 is 0 Å². The molecule has 0 aromatic heterocycles. The third-order valence-electron chi connectivity index (χ3n) is 2.36. The lowest BCUT2D eigenvalue weighted by molar-refractivity contribution is -0.142. The minimum atomic E-state index is -0.944. The van der Waals surface area contributed by atoms with Gasteiger partial charge in [-0.25, -0.2) is 4.79 Å². The third-order valence-corrected chi connectivity index (χ3v) is 2.36. The van der Waals surface area contributed by atoms with E-state index in [2.05, 4.69) is 0 Å². The van der Waals surface area contributed by atoms with Gasteiger partial charge in [0.25, 0.3) is 0 Å². The normalized spacial score (nSPS) is 10.5. The van der Waals surface area contributed by atoms with Crippen LogP contribution in [0.1, 0.15) is 5.56 Å². The molecule has 0 spiro atoms. The van der Waals surface area contributed by atoms with Crippen molar-refractivity contribution in [2.75, 3.05) is 6.61 Å². The quantitative estimate of drug-likeness (QED) is 0.853. The second-order valence-electron chi connectivity index (χ2n) is 3.52. The summed E-state index contributed by atoms with van der Waals surface area (Å²) in [6.07, 6.45) is 0. The van der Waals surface area contributed by atoms with E-state index in [4.69, 9.17) is 9.84 Å². The predicted octanol–water partition coefficient (Wildman–Crippen LogP) is 2.44. The molecule has 0 amide bonds. The van der Waals surface area contributed by atoms with Gasteiger partial charge in [-0.05, 0) is 16.3 Å². The third kappa shape index (κ3) is 2.38. The summed E-state index contributed by atoms with van der Waals surface area (Å²) in [5, 5.41) is 10.7. The maximum atomic E-state index is 10.3. The van der Waals surface area contributed by atoms with Crippen LogP contribution in [0, 0.1) is 0 Å². The zero-order chi connectivity index (χ0) is 11.4. The molecule has 3 heteroatoms. The van der Waals surface area contributed by atoms with Crippen LogP contribution in [0.3, 0.4) is 0 Å². The van der Waals surface area contributed by atoms with E-state index in [-0.39, 0.29) is 6.61 Å². The molecule has 0 aliphatic rings. The Morgan fingerprint density at radius 3 is 2.69 bits per heavy atom. The SMILES string of the molecule is O=C(O)COCc1cccc2ccccc12. The van der Waals surface area contributed by atoms with Crippen molar-refractivity contribution in [2.24, 2.45) is 0 Å². The standard InChI is InChI=1S/C13H12O3/c14-13(15)9-16-8-11-6-3-5-10-4-1-2-7-12(10)11/h1-7H,8-9H2,(H,14,15). The average Bonchev–Trinajstić information content (AvgIpc) is 2.29. The van der Waals surface area contributed by atoms with Gasteiger partial charge in [0.15, 0.2) is 0 Å². The summed E-state index contributed by atoms with van der Waals surface area (Å²) in [4.78, 5) is 10.3. The highest BCUT2D eigenvalue weighted by Crippen LogP contribution is 2.18. The molecule has 0 saturated carbocycles. The fourth-order valence-electron chi connectivity index (χ4n) is 1.67. The van der Waals surface area contributed by atoms with Crippen LogP contribution in [0.5, 0.6) is 0 Å². The number of carbonyl (C=O) groups is 1. The van der Waals surface area contributed by atoms with Gasteiger partial charge in [-0.15, -0.1) is 0 Å². The first kappa shape index (κ1) is 10.6. The number of aliphatic carboxylic acids is 1. The van der Waals surface area contributed by atoms with Crippen molar-refractivity contribution in [1.29, 1.82) is 0 Å². The van der Waals surface area contributed by atoms with Gasteiger partial charge in [0, 0.05) is 0 Å². The number of hydrogen-bond acceptors (Lipinski definition) is 2. The van der Waals surface area contributed by atoms with Crippen LogP contribution in [0.15, 0.2) is 42.5 Å². The van der Waals surface area contributed by atoms with E-state index in [9.17, 15) is 4.79 Å². The van der Waals surface area contributed by atoms with Crippen molar-refractivity contribution in [3.05, 3.63) is 48.0 Å². The Morgan fingerprint density at radius 1 is 1.12 bits per heavy atom.